The summed E-state index contributed by atoms with van der Waals surface area (Å²) in [6.45, 7) is 6.65. The lowest BCUT2D eigenvalue weighted by Crippen LogP contribution is -2.35. The Morgan fingerprint density at radius 2 is 1.97 bits per heavy atom. The first-order valence-electron chi connectivity index (χ1n) is 10.5. The van der Waals surface area contributed by atoms with E-state index in [4.69, 9.17) is 26.5 Å². The van der Waals surface area contributed by atoms with Gasteiger partial charge in [-0.15, -0.1) is 0 Å². The molecule has 0 saturated carbocycles. The summed E-state index contributed by atoms with van der Waals surface area (Å²) in [7, 11) is 0. The molecule has 0 radical (unpaired) electrons. The summed E-state index contributed by atoms with van der Waals surface area (Å²) < 4.78 is 11.7. The van der Waals surface area contributed by atoms with Crippen LogP contribution in [0.4, 0.5) is 0 Å². The van der Waals surface area contributed by atoms with Crippen molar-refractivity contribution < 1.29 is 14.3 Å². The van der Waals surface area contributed by atoms with Crippen molar-refractivity contribution in [3.63, 3.8) is 0 Å². The van der Waals surface area contributed by atoms with Crippen molar-refractivity contribution in [2.45, 2.75) is 27.4 Å². The molecule has 0 fully saturated rings. The molecule has 0 atom stereocenters. The third-order valence-corrected chi connectivity index (χ3v) is 6.46. The van der Waals surface area contributed by atoms with E-state index in [0.717, 1.165) is 10.6 Å². The number of hydrogen-bond donors (Lipinski definition) is 1. The summed E-state index contributed by atoms with van der Waals surface area (Å²) in [4.78, 5) is 16.8. The minimum absolute atomic E-state index is 0.00477. The van der Waals surface area contributed by atoms with Crippen LogP contribution in [0.3, 0.4) is 0 Å². The maximum Gasteiger partial charge on any atom is 0.283 e. The van der Waals surface area contributed by atoms with Crippen molar-refractivity contribution in [1.82, 2.24) is 5.01 Å². The molecule has 4 rings (SSSR count). The first kappa shape index (κ1) is 23.1. The predicted octanol–water partition coefficient (Wildman–Crippen LogP) is 5.59. The van der Waals surface area contributed by atoms with Crippen molar-refractivity contribution in [3.05, 3.63) is 64.2 Å². The van der Waals surface area contributed by atoms with Crippen molar-refractivity contribution in [2.24, 2.45) is 16.0 Å². The van der Waals surface area contributed by atoms with Crippen molar-refractivity contribution in [2.75, 3.05) is 6.61 Å². The molecule has 0 bridgehead atoms. The van der Waals surface area contributed by atoms with E-state index in [2.05, 4.69) is 10.1 Å². The molecular formula is C24H23ClN4O3S. The van der Waals surface area contributed by atoms with Crippen LogP contribution < -0.4 is 9.47 Å². The number of ether oxygens (including phenoxy) is 2. The number of fused-ring (bicyclic) bond motifs is 1. The third-order valence-electron chi connectivity index (χ3n) is 4.88. The fourth-order valence-electron chi connectivity index (χ4n) is 3.18. The predicted molar refractivity (Wildman–Crippen MR) is 133 cm³/mol. The lowest BCUT2D eigenvalue weighted by molar-refractivity contribution is -0.114. The van der Waals surface area contributed by atoms with Gasteiger partial charge >= 0.3 is 0 Å². The second kappa shape index (κ2) is 9.80. The fourth-order valence-corrected chi connectivity index (χ4v) is 4.26. The number of amides is 1. The van der Waals surface area contributed by atoms with Crippen molar-refractivity contribution in [3.8, 4) is 11.5 Å². The van der Waals surface area contributed by atoms with E-state index < -0.39 is 5.91 Å². The quantitative estimate of drug-likeness (QED) is 0.519. The Morgan fingerprint density at radius 3 is 2.70 bits per heavy atom. The molecule has 33 heavy (non-hydrogen) atoms. The number of nitrogens with one attached hydrogen (secondary N) is 1. The Kier molecular flexibility index (Phi) is 6.85. The molecule has 7 nitrogen and oxygen atoms in total. The minimum atomic E-state index is -0.462. The van der Waals surface area contributed by atoms with E-state index in [0.29, 0.717) is 40.5 Å². The summed E-state index contributed by atoms with van der Waals surface area (Å²) in [6.07, 6.45) is 1.62. The van der Waals surface area contributed by atoms with Crippen LogP contribution in [0.25, 0.3) is 6.08 Å². The molecule has 2 aliphatic rings. The SMILES string of the molecule is CCOc1cc(C=C2C(=N)N3N=C(C(C)C)SC3=NC2=O)ccc1OCc1ccccc1Cl. The van der Waals surface area contributed by atoms with Gasteiger partial charge in [-0.25, -0.2) is 0 Å². The summed E-state index contributed by atoms with van der Waals surface area (Å²) in [5, 5.41) is 16.3. The number of thioether (sulfide) groups is 1. The highest BCUT2D eigenvalue weighted by atomic mass is 35.5. The van der Waals surface area contributed by atoms with Crippen LogP contribution in [0, 0.1) is 11.3 Å². The average Bonchev–Trinajstić information content (AvgIpc) is 3.22. The molecule has 2 aromatic carbocycles. The number of carbonyl (C=O) groups excluding carboxylic acids is 1. The van der Waals surface area contributed by atoms with Gasteiger partial charge in [0.25, 0.3) is 5.91 Å². The van der Waals surface area contributed by atoms with E-state index in [9.17, 15) is 4.79 Å². The van der Waals surface area contributed by atoms with E-state index in [1.165, 1.54) is 16.8 Å². The zero-order valence-corrected chi connectivity index (χ0v) is 20.0. The summed E-state index contributed by atoms with van der Waals surface area (Å²) in [5.74, 6) is 0.827. The molecule has 0 saturated heterocycles. The first-order valence-corrected chi connectivity index (χ1v) is 11.7. The van der Waals surface area contributed by atoms with Gasteiger partial charge in [-0.3, -0.25) is 10.2 Å². The van der Waals surface area contributed by atoms with Crippen LogP contribution in [0.2, 0.25) is 5.02 Å². The number of carbonyl (C=O) groups is 1. The lowest BCUT2D eigenvalue weighted by atomic mass is 10.1. The van der Waals surface area contributed by atoms with Gasteiger partial charge in [0.1, 0.15) is 11.7 Å². The second-order valence-corrected chi connectivity index (χ2v) is 9.03. The smallest absolute Gasteiger partial charge is 0.283 e. The summed E-state index contributed by atoms with van der Waals surface area (Å²) in [5.41, 5.74) is 1.73. The number of nitrogens with zero attached hydrogens (tertiary/aromatic N) is 3. The lowest BCUT2D eigenvalue weighted by Gasteiger charge is -2.20. The number of aliphatic imine (C=N–C) groups is 1. The topological polar surface area (TPSA) is 87.3 Å². The van der Waals surface area contributed by atoms with Gasteiger partial charge in [-0.05, 0) is 48.5 Å². The van der Waals surface area contributed by atoms with E-state index >= 15 is 0 Å². The van der Waals surface area contributed by atoms with E-state index in [1.807, 2.05) is 45.0 Å². The first-order chi connectivity index (χ1) is 15.9. The van der Waals surface area contributed by atoms with Crippen molar-refractivity contribution in [1.29, 1.82) is 5.41 Å². The molecule has 0 spiro atoms. The zero-order valence-electron chi connectivity index (χ0n) is 18.5. The zero-order chi connectivity index (χ0) is 23.5. The molecule has 1 amide bonds. The van der Waals surface area contributed by atoms with Gasteiger partial charge in [0.2, 0.25) is 5.17 Å². The number of rotatable bonds is 7. The van der Waals surface area contributed by atoms with Crippen LogP contribution in [0.5, 0.6) is 11.5 Å². The number of hydrazone groups is 1. The minimum Gasteiger partial charge on any atom is -0.490 e. The highest BCUT2D eigenvalue weighted by Crippen LogP contribution is 2.33. The largest absolute Gasteiger partial charge is 0.490 e. The van der Waals surface area contributed by atoms with Crippen molar-refractivity contribution >= 4 is 51.4 Å². The van der Waals surface area contributed by atoms with Gasteiger partial charge in [-0.1, -0.05) is 49.7 Å². The third kappa shape index (κ3) is 4.96. The molecule has 170 valence electrons. The highest BCUT2D eigenvalue weighted by molar-refractivity contribution is 8.27. The van der Waals surface area contributed by atoms with Crippen LogP contribution in [0.15, 0.2) is 58.1 Å². The number of halogens is 1. The Bertz CT molecular complexity index is 1210. The maximum absolute atomic E-state index is 12.6. The molecule has 2 aliphatic heterocycles. The summed E-state index contributed by atoms with van der Waals surface area (Å²) in [6, 6.07) is 12.8. The normalized spacial score (nSPS) is 16.8. The van der Waals surface area contributed by atoms with Gasteiger partial charge in [0.15, 0.2) is 17.3 Å². The second-order valence-electron chi connectivity index (χ2n) is 7.63. The number of amidine groups is 2. The van der Waals surface area contributed by atoms with Crippen LogP contribution in [0.1, 0.15) is 31.9 Å². The maximum atomic E-state index is 12.6. The van der Waals surface area contributed by atoms with Crippen LogP contribution in [-0.4, -0.2) is 33.6 Å². The van der Waals surface area contributed by atoms with Crippen LogP contribution in [-0.2, 0) is 11.4 Å². The van der Waals surface area contributed by atoms with E-state index in [-0.39, 0.29) is 17.3 Å². The molecule has 9 heteroatoms. The van der Waals surface area contributed by atoms with Gasteiger partial charge in [0.05, 0.1) is 12.2 Å². The molecule has 0 aromatic heterocycles. The standard InChI is InChI=1S/C24H23ClN4O3S/c1-4-31-20-12-15(9-10-19(20)32-13-16-7-5-6-8-18(16)25)11-17-21(26)29-24(27-22(17)30)33-23(28-29)14(2)3/h5-12,14,26H,4,13H2,1-3H3. The molecule has 2 aromatic rings. The molecule has 1 N–H and O–H groups in total. The molecule has 0 unspecified atom stereocenters. The fraction of sp³-hybridized carbons (Fsp3) is 0.250. The van der Waals surface area contributed by atoms with Gasteiger partial charge in [0, 0.05) is 16.5 Å². The molecular weight excluding hydrogens is 460 g/mol. The van der Waals surface area contributed by atoms with Gasteiger partial charge in [-0.2, -0.15) is 15.1 Å². The Morgan fingerprint density at radius 1 is 1.18 bits per heavy atom. The average molecular weight is 483 g/mol. The molecule has 2 heterocycles. The Balaban J connectivity index is 1.59. The highest BCUT2D eigenvalue weighted by Gasteiger charge is 2.36. The summed E-state index contributed by atoms with van der Waals surface area (Å²) >= 11 is 7.55. The number of hydrogen-bond acceptors (Lipinski definition) is 6. The van der Waals surface area contributed by atoms with Gasteiger partial charge < -0.3 is 9.47 Å². The van der Waals surface area contributed by atoms with E-state index in [1.54, 1.807) is 24.3 Å². The molecule has 0 aliphatic carbocycles. The van der Waals surface area contributed by atoms with Crippen LogP contribution >= 0.6 is 23.4 Å². The Hall–Kier alpha value is -3.10. The monoisotopic (exact) mass is 482 g/mol. The number of benzene rings is 2. The Labute approximate surface area is 201 Å².